The third-order valence-corrected chi connectivity index (χ3v) is 7.17. The van der Waals surface area contributed by atoms with E-state index in [1.165, 1.54) is 23.3 Å². The summed E-state index contributed by atoms with van der Waals surface area (Å²) in [4.78, 5) is 14.9. The summed E-state index contributed by atoms with van der Waals surface area (Å²) in [6.45, 7) is 1.96. The first kappa shape index (κ1) is 22.4. The van der Waals surface area contributed by atoms with Crippen molar-refractivity contribution in [2.24, 2.45) is 0 Å². The molecule has 5 rings (SSSR count). The van der Waals surface area contributed by atoms with Crippen LogP contribution >= 0.6 is 0 Å². The number of nitriles is 2. The maximum Gasteiger partial charge on any atom is 0.239 e. The van der Waals surface area contributed by atoms with Crippen molar-refractivity contribution in [1.29, 1.82) is 15.9 Å². The van der Waals surface area contributed by atoms with Crippen LogP contribution in [0.5, 0.6) is 0 Å². The van der Waals surface area contributed by atoms with Gasteiger partial charge in [0.1, 0.15) is 0 Å². The molecule has 2 atom stereocenters. The Morgan fingerprint density at radius 2 is 1.57 bits per heavy atom. The monoisotopic (exact) mass is 459 g/mol. The fourth-order valence-electron chi connectivity index (χ4n) is 4.99. The van der Waals surface area contributed by atoms with Gasteiger partial charge in [0.2, 0.25) is 5.91 Å². The maximum absolute atomic E-state index is 13.6. The fourth-order valence-corrected chi connectivity index (χ4v) is 4.99. The fraction of sp³-hybridized carbons (Fsp3) is 0.241. The number of amides is 1. The van der Waals surface area contributed by atoms with Crippen molar-refractivity contribution >= 4 is 11.9 Å². The lowest BCUT2D eigenvalue weighted by molar-refractivity contribution is -0.131. The number of hydrogen-bond acceptors (Lipinski definition) is 4. The molecule has 1 aliphatic carbocycles. The molecule has 3 aromatic rings. The summed E-state index contributed by atoms with van der Waals surface area (Å²) in [5.74, 6) is 0.00177. The van der Waals surface area contributed by atoms with Gasteiger partial charge in [-0.15, -0.1) is 0 Å². The van der Waals surface area contributed by atoms with Crippen molar-refractivity contribution in [2.45, 2.75) is 37.1 Å². The van der Waals surface area contributed by atoms with Gasteiger partial charge in [0.05, 0.1) is 34.7 Å². The lowest BCUT2D eigenvalue weighted by Gasteiger charge is -2.46. The molecule has 3 aromatic carbocycles. The van der Waals surface area contributed by atoms with Crippen LogP contribution in [-0.2, 0) is 10.3 Å². The highest BCUT2D eigenvalue weighted by atomic mass is 16.2. The number of likely N-dealkylation sites (N-methyl/N-ethyl adjacent to an activating group) is 1. The number of guanidine groups is 1. The topological polar surface area (TPSA) is 104 Å². The predicted molar refractivity (Wildman–Crippen MR) is 133 cm³/mol. The minimum atomic E-state index is -0.872. The first-order valence-corrected chi connectivity index (χ1v) is 11.6. The van der Waals surface area contributed by atoms with Gasteiger partial charge in [-0.1, -0.05) is 42.5 Å². The van der Waals surface area contributed by atoms with Crippen LogP contribution in [0.1, 0.15) is 59.4 Å². The van der Waals surface area contributed by atoms with Crippen LogP contribution in [0.25, 0.3) is 11.1 Å². The summed E-state index contributed by atoms with van der Waals surface area (Å²) in [5, 5.41) is 30.5. The molecule has 2 N–H and O–H groups in total. The van der Waals surface area contributed by atoms with Crippen molar-refractivity contribution in [2.75, 3.05) is 7.05 Å². The lowest BCUT2D eigenvalue weighted by Crippen LogP contribution is -2.62. The summed E-state index contributed by atoms with van der Waals surface area (Å²) < 4.78 is 0. The number of nitrogens with one attached hydrogen (secondary N) is 2. The molecule has 0 spiro atoms. The maximum atomic E-state index is 13.6. The van der Waals surface area contributed by atoms with E-state index >= 15 is 0 Å². The molecule has 0 bridgehead atoms. The zero-order chi connectivity index (χ0) is 24.7. The Morgan fingerprint density at radius 1 is 0.943 bits per heavy atom. The Hall–Kier alpha value is -4.42. The number of hydrogen-bond donors (Lipinski definition) is 2. The third-order valence-electron chi connectivity index (χ3n) is 7.17. The molecule has 6 heteroatoms. The zero-order valence-electron chi connectivity index (χ0n) is 19.7. The van der Waals surface area contributed by atoms with Gasteiger partial charge >= 0.3 is 0 Å². The molecule has 0 aromatic heterocycles. The molecule has 1 amide bonds. The Bertz CT molecular complexity index is 1390. The summed E-state index contributed by atoms with van der Waals surface area (Å²) in [7, 11) is 1.62. The minimum absolute atomic E-state index is 0.0481. The van der Waals surface area contributed by atoms with Gasteiger partial charge in [-0.2, -0.15) is 10.5 Å². The summed E-state index contributed by atoms with van der Waals surface area (Å²) >= 11 is 0. The number of nitrogens with zero attached hydrogens (tertiary/aromatic N) is 3. The van der Waals surface area contributed by atoms with E-state index in [4.69, 9.17) is 5.41 Å². The molecule has 35 heavy (non-hydrogen) atoms. The molecule has 172 valence electrons. The normalized spacial score (nSPS) is 21.7. The van der Waals surface area contributed by atoms with Crippen LogP contribution in [0.3, 0.4) is 0 Å². The van der Waals surface area contributed by atoms with Crippen LogP contribution < -0.4 is 5.32 Å². The highest BCUT2D eigenvalue weighted by Gasteiger charge is 2.48. The van der Waals surface area contributed by atoms with Crippen LogP contribution in [-0.4, -0.2) is 23.8 Å². The quantitative estimate of drug-likeness (QED) is 0.575. The second kappa shape index (κ2) is 8.42. The van der Waals surface area contributed by atoms with Crippen molar-refractivity contribution in [3.63, 3.8) is 0 Å². The summed E-state index contributed by atoms with van der Waals surface area (Å²) in [6.07, 6.45) is 2.43. The second-order valence-electron chi connectivity index (χ2n) is 9.55. The van der Waals surface area contributed by atoms with Gasteiger partial charge in [-0.05, 0) is 77.8 Å². The lowest BCUT2D eigenvalue weighted by atomic mass is 9.73. The van der Waals surface area contributed by atoms with Crippen molar-refractivity contribution in [3.05, 3.63) is 94.5 Å². The minimum Gasteiger partial charge on any atom is -0.346 e. The molecule has 0 radical (unpaired) electrons. The first-order valence-electron chi connectivity index (χ1n) is 11.6. The SMILES string of the molecule is CN1C(=N)N[C@](C)(c2cccc(-c3cc(C#N)cc(C#N)c3)c2)[C@H](c2ccc(C3CC3)cc2)C1=O. The van der Waals surface area contributed by atoms with Crippen molar-refractivity contribution < 1.29 is 4.79 Å². The van der Waals surface area contributed by atoms with E-state index in [2.05, 4.69) is 29.6 Å². The smallest absolute Gasteiger partial charge is 0.239 e. The van der Waals surface area contributed by atoms with E-state index in [-0.39, 0.29) is 11.9 Å². The van der Waals surface area contributed by atoms with Crippen LogP contribution in [0.15, 0.2) is 66.7 Å². The van der Waals surface area contributed by atoms with E-state index in [1.807, 2.05) is 43.3 Å². The Labute approximate surface area is 204 Å². The molecule has 1 saturated carbocycles. The number of rotatable bonds is 4. The van der Waals surface area contributed by atoms with Crippen LogP contribution in [0.4, 0.5) is 0 Å². The van der Waals surface area contributed by atoms with Crippen molar-refractivity contribution in [3.8, 4) is 23.3 Å². The van der Waals surface area contributed by atoms with E-state index in [9.17, 15) is 15.3 Å². The highest BCUT2D eigenvalue weighted by Crippen LogP contribution is 2.44. The van der Waals surface area contributed by atoms with Crippen LogP contribution in [0.2, 0.25) is 0 Å². The van der Waals surface area contributed by atoms with Gasteiger partial charge in [-0.25, -0.2) is 0 Å². The van der Waals surface area contributed by atoms with Gasteiger partial charge in [-0.3, -0.25) is 15.1 Å². The van der Waals surface area contributed by atoms with E-state index in [0.29, 0.717) is 17.0 Å². The Kier molecular flexibility index (Phi) is 5.38. The average Bonchev–Trinajstić information content (AvgIpc) is 3.73. The molecule has 1 saturated heterocycles. The average molecular weight is 460 g/mol. The molecule has 6 nitrogen and oxygen atoms in total. The Balaban J connectivity index is 1.61. The Morgan fingerprint density at radius 3 is 2.17 bits per heavy atom. The molecular weight excluding hydrogens is 434 g/mol. The third kappa shape index (κ3) is 3.94. The number of benzene rings is 3. The standard InChI is InChI=1S/C29H25N5O/c1-29(25-5-3-4-23(15-25)24-13-18(16-30)12-19(14-24)17-31)26(27(35)34(2)28(32)33-29)22-10-8-21(9-11-22)20-6-7-20/h3-5,8-15,20,26H,6-7H2,1-2H3,(H2,32,33)/t26-,29-/m1/s1. The molecular formula is C29H25N5O. The molecule has 2 fully saturated rings. The predicted octanol–water partition coefficient (Wildman–Crippen LogP) is 4.97. The highest BCUT2D eigenvalue weighted by molar-refractivity contribution is 6.02. The summed E-state index contributed by atoms with van der Waals surface area (Å²) in [5.41, 5.74) is 4.60. The van der Waals surface area contributed by atoms with E-state index in [1.54, 1.807) is 25.2 Å². The van der Waals surface area contributed by atoms with Gasteiger partial charge < -0.3 is 5.32 Å². The largest absolute Gasteiger partial charge is 0.346 e. The van der Waals surface area contributed by atoms with Gasteiger partial charge in [0.15, 0.2) is 5.96 Å². The second-order valence-corrected chi connectivity index (χ2v) is 9.55. The van der Waals surface area contributed by atoms with Gasteiger partial charge in [0.25, 0.3) is 0 Å². The first-order chi connectivity index (χ1) is 16.8. The number of carbonyl (C=O) groups excluding carboxylic acids is 1. The summed E-state index contributed by atoms with van der Waals surface area (Å²) in [6, 6.07) is 25.4. The number of carbonyl (C=O) groups is 1. The van der Waals surface area contributed by atoms with Crippen LogP contribution in [0, 0.1) is 28.1 Å². The van der Waals surface area contributed by atoms with Gasteiger partial charge in [0, 0.05) is 7.05 Å². The zero-order valence-corrected chi connectivity index (χ0v) is 19.7. The molecule has 1 aliphatic heterocycles. The molecule has 1 heterocycles. The molecule has 0 unspecified atom stereocenters. The molecule has 2 aliphatic rings. The van der Waals surface area contributed by atoms with Crippen molar-refractivity contribution in [1.82, 2.24) is 10.2 Å². The van der Waals surface area contributed by atoms with E-state index < -0.39 is 11.5 Å². The van der Waals surface area contributed by atoms with E-state index in [0.717, 1.165) is 22.3 Å².